The van der Waals surface area contributed by atoms with Crippen molar-refractivity contribution in [3.05, 3.63) is 24.3 Å². The molecule has 1 unspecified atom stereocenters. The van der Waals surface area contributed by atoms with E-state index in [1.54, 1.807) is 13.8 Å². The molecule has 0 aromatic rings. The van der Waals surface area contributed by atoms with Crippen LogP contribution in [0, 0.1) is 11.3 Å². The first-order valence-electron chi connectivity index (χ1n) is 7.71. The van der Waals surface area contributed by atoms with Crippen LogP contribution in [0.25, 0.3) is 0 Å². The number of hydrogen-bond donors (Lipinski definition) is 0. The lowest BCUT2D eigenvalue weighted by molar-refractivity contribution is -0.162. The maximum atomic E-state index is 11.6. The molecule has 0 amide bonds. The van der Waals surface area contributed by atoms with Crippen molar-refractivity contribution in [2.75, 3.05) is 0 Å². The second-order valence-electron chi connectivity index (χ2n) is 6.48. The molecule has 0 saturated heterocycles. The van der Waals surface area contributed by atoms with Crippen LogP contribution < -0.4 is 0 Å². The van der Waals surface area contributed by atoms with Crippen LogP contribution in [0.3, 0.4) is 0 Å². The van der Waals surface area contributed by atoms with Crippen molar-refractivity contribution < 1.29 is 14.3 Å². The third-order valence-corrected chi connectivity index (χ3v) is 3.58. The van der Waals surface area contributed by atoms with Gasteiger partial charge in [0.1, 0.15) is 0 Å². The Kier molecular flexibility index (Phi) is 8.91. The first-order chi connectivity index (χ1) is 9.70. The van der Waals surface area contributed by atoms with E-state index in [4.69, 9.17) is 4.74 Å². The molecule has 0 bridgehead atoms. The Morgan fingerprint density at radius 1 is 1.24 bits per heavy atom. The monoisotopic (exact) mass is 294 g/mol. The van der Waals surface area contributed by atoms with Crippen LogP contribution in [0.2, 0.25) is 0 Å². The molecule has 3 heteroatoms. The summed E-state index contributed by atoms with van der Waals surface area (Å²) in [5.41, 5.74) is 1.34. The highest BCUT2D eigenvalue weighted by atomic mass is 16.6. The van der Waals surface area contributed by atoms with Crippen LogP contribution in [0.4, 0.5) is 0 Å². The fourth-order valence-electron chi connectivity index (χ4n) is 1.94. The summed E-state index contributed by atoms with van der Waals surface area (Å²) in [6.07, 6.45) is 8.08. The summed E-state index contributed by atoms with van der Waals surface area (Å²) in [5, 5.41) is 0. The van der Waals surface area contributed by atoms with Gasteiger partial charge in [-0.3, -0.25) is 9.59 Å². The Balaban J connectivity index is 4.16. The summed E-state index contributed by atoms with van der Waals surface area (Å²) in [5.74, 6) is -1.14. The van der Waals surface area contributed by atoms with Crippen molar-refractivity contribution in [3.63, 3.8) is 0 Å². The lowest BCUT2D eigenvalue weighted by atomic mass is 9.80. The van der Waals surface area contributed by atoms with Crippen LogP contribution in [-0.2, 0) is 14.3 Å². The Morgan fingerprint density at radius 3 is 2.33 bits per heavy atom. The van der Waals surface area contributed by atoms with Crippen LogP contribution in [0.15, 0.2) is 24.3 Å². The smallest absolute Gasteiger partial charge is 0.316 e. The first kappa shape index (κ1) is 19.6. The Hall–Kier alpha value is -1.38. The van der Waals surface area contributed by atoms with Gasteiger partial charge in [-0.2, -0.15) is 0 Å². The molecule has 0 fully saturated rings. The molecule has 0 aliphatic carbocycles. The second-order valence-corrected chi connectivity index (χ2v) is 6.48. The predicted molar refractivity (Wildman–Crippen MR) is 86.8 cm³/mol. The van der Waals surface area contributed by atoms with E-state index in [1.165, 1.54) is 5.57 Å². The minimum Gasteiger partial charge on any atom is -0.393 e. The van der Waals surface area contributed by atoms with Gasteiger partial charge in [0.2, 0.25) is 0 Å². The molecule has 0 aliphatic rings. The van der Waals surface area contributed by atoms with Gasteiger partial charge in [-0.1, -0.05) is 38.5 Å². The summed E-state index contributed by atoms with van der Waals surface area (Å²) in [7, 11) is 0. The first-order valence-corrected chi connectivity index (χ1v) is 7.71. The van der Waals surface area contributed by atoms with Crippen molar-refractivity contribution in [2.24, 2.45) is 11.3 Å². The normalized spacial score (nSPS) is 13.4. The highest BCUT2D eigenvalue weighted by Crippen LogP contribution is 2.31. The zero-order chi connectivity index (χ0) is 16.5. The third-order valence-electron chi connectivity index (χ3n) is 3.58. The molecule has 120 valence electrons. The van der Waals surface area contributed by atoms with Gasteiger partial charge in [-0.25, -0.2) is 0 Å². The van der Waals surface area contributed by atoms with E-state index in [-0.39, 0.29) is 17.8 Å². The number of carbonyl (C=O) groups excluding carboxylic acids is 2. The number of ether oxygens (including phenoxy) is 1. The molecule has 0 spiro atoms. The predicted octanol–water partition coefficient (Wildman–Crippen LogP) is 4.82. The molecule has 0 rings (SSSR count). The standard InChI is InChI=1S/C18H30O3/c1-7-18(6,12-8-10-14(2)3)13-9-11-16(19)21-17(20)15(4)5/h7,10,15H,1,8-9,11-13H2,2-6H3. The van der Waals surface area contributed by atoms with E-state index in [1.807, 2.05) is 6.08 Å². The molecule has 0 aromatic heterocycles. The quantitative estimate of drug-likeness (QED) is 0.348. The van der Waals surface area contributed by atoms with Gasteiger partial charge >= 0.3 is 11.9 Å². The zero-order valence-corrected chi connectivity index (χ0v) is 14.2. The zero-order valence-electron chi connectivity index (χ0n) is 14.2. The lowest BCUT2D eigenvalue weighted by Crippen LogP contribution is -2.18. The summed E-state index contributed by atoms with van der Waals surface area (Å²) in [6.45, 7) is 13.7. The van der Waals surface area contributed by atoms with Gasteiger partial charge in [0.15, 0.2) is 0 Å². The van der Waals surface area contributed by atoms with E-state index < -0.39 is 11.9 Å². The fraction of sp³-hybridized carbons (Fsp3) is 0.667. The van der Waals surface area contributed by atoms with Crippen molar-refractivity contribution in [1.29, 1.82) is 0 Å². The maximum absolute atomic E-state index is 11.6. The minimum atomic E-state index is -0.449. The van der Waals surface area contributed by atoms with Crippen molar-refractivity contribution in [1.82, 2.24) is 0 Å². The van der Waals surface area contributed by atoms with Gasteiger partial charge in [0, 0.05) is 6.42 Å². The highest BCUT2D eigenvalue weighted by Gasteiger charge is 2.20. The molecule has 3 nitrogen and oxygen atoms in total. The molecule has 0 radical (unpaired) electrons. The summed E-state index contributed by atoms with van der Waals surface area (Å²) >= 11 is 0. The average Bonchev–Trinajstić information content (AvgIpc) is 2.38. The number of esters is 2. The van der Waals surface area contributed by atoms with E-state index in [2.05, 4.69) is 33.4 Å². The second kappa shape index (κ2) is 9.54. The summed E-state index contributed by atoms with van der Waals surface area (Å²) in [6, 6.07) is 0. The van der Waals surface area contributed by atoms with Crippen LogP contribution >= 0.6 is 0 Å². The Bertz CT molecular complexity index is 389. The largest absolute Gasteiger partial charge is 0.393 e. The minimum absolute atomic E-state index is 0.0221. The fourth-order valence-corrected chi connectivity index (χ4v) is 1.94. The van der Waals surface area contributed by atoms with Gasteiger partial charge in [0.25, 0.3) is 0 Å². The molecule has 1 atom stereocenters. The number of carbonyl (C=O) groups is 2. The molecule has 0 N–H and O–H groups in total. The van der Waals surface area contributed by atoms with Crippen molar-refractivity contribution in [3.8, 4) is 0 Å². The van der Waals surface area contributed by atoms with Crippen LogP contribution in [0.5, 0.6) is 0 Å². The molecule has 0 saturated carbocycles. The molecule has 21 heavy (non-hydrogen) atoms. The van der Waals surface area contributed by atoms with Crippen LogP contribution in [0.1, 0.15) is 66.7 Å². The molecular weight excluding hydrogens is 264 g/mol. The third kappa shape index (κ3) is 9.22. The molecule has 0 aromatic carbocycles. The topological polar surface area (TPSA) is 43.4 Å². The maximum Gasteiger partial charge on any atom is 0.316 e. The van der Waals surface area contributed by atoms with Gasteiger partial charge < -0.3 is 4.74 Å². The number of allylic oxidation sites excluding steroid dienone is 3. The molecular formula is C18H30O3. The van der Waals surface area contributed by atoms with E-state index in [0.29, 0.717) is 6.42 Å². The van der Waals surface area contributed by atoms with Crippen molar-refractivity contribution in [2.45, 2.75) is 66.7 Å². The van der Waals surface area contributed by atoms with Crippen molar-refractivity contribution >= 4 is 11.9 Å². The molecule has 0 aliphatic heterocycles. The van der Waals surface area contributed by atoms with E-state index in [9.17, 15) is 9.59 Å². The number of hydrogen-bond acceptors (Lipinski definition) is 3. The number of rotatable bonds is 9. The van der Waals surface area contributed by atoms with E-state index >= 15 is 0 Å². The Labute approximate surface area is 129 Å². The summed E-state index contributed by atoms with van der Waals surface area (Å²) in [4.78, 5) is 22.9. The average molecular weight is 294 g/mol. The van der Waals surface area contributed by atoms with Gasteiger partial charge in [-0.15, -0.1) is 6.58 Å². The van der Waals surface area contributed by atoms with Gasteiger partial charge in [-0.05, 0) is 44.9 Å². The highest BCUT2D eigenvalue weighted by molar-refractivity contribution is 5.86. The van der Waals surface area contributed by atoms with E-state index in [0.717, 1.165) is 19.3 Å². The Morgan fingerprint density at radius 2 is 1.86 bits per heavy atom. The van der Waals surface area contributed by atoms with Crippen LogP contribution in [-0.4, -0.2) is 11.9 Å². The molecule has 0 heterocycles. The van der Waals surface area contributed by atoms with Gasteiger partial charge in [0.05, 0.1) is 5.92 Å². The lowest BCUT2D eigenvalue weighted by Gasteiger charge is -2.25. The SMILES string of the molecule is C=CC(C)(CCC=C(C)C)CCCC(=O)OC(=O)C(C)C. The summed E-state index contributed by atoms with van der Waals surface area (Å²) < 4.78 is 4.76.